The van der Waals surface area contributed by atoms with Crippen molar-refractivity contribution < 1.29 is 13.5 Å². The smallest absolute Gasteiger partial charge is 0.124 e. The van der Waals surface area contributed by atoms with Crippen LogP contribution in [0.3, 0.4) is 0 Å². The molecular weight excluding hydrogens is 318 g/mol. The summed E-state index contributed by atoms with van der Waals surface area (Å²) in [6.45, 7) is 0. The molecule has 0 aliphatic heterocycles. The third kappa shape index (κ3) is 3.43. The molecule has 1 atom stereocenters. The van der Waals surface area contributed by atoms with Gasteiger partial charge in [-0.15, -0.1) is 0 Å². The lowest BCUT2D eigenvalue weighted by Crippen LogP contribution is -2.01. The van der Waals surface area contributed by atoms with Crippen LogP contribution in [-0.4, -0.2) is 16.5 Å². The molecule has 0 amide bonds. The van der Waals surface area contributed by atoms with E-state index >= 15 is 0 Å². The van der Waals surface area contributed by atoms with Crippen molar-refractivity contribution in [2.45, 2.75) is 11.5 Å². The summed E-state index contributed by atoms with van der Waals surface area (Å²) in [7, 11) is 0.561. The fourth-order valence-corrected chi connectivity index (χ4v) is 3.12. The summed E-state index contributed by atoms with van der Waals surface area (Å²) in [6, 6.07) is 7.38. The van der Waals surface area contributed by atoms with Crippen LogP contribution in [-0.2, 0) is 22.3 Å². The minimum atomic E-state index is -1.04. The summed E-state index contributed by atoms with van der Waals surface area (Å²) < 4.78 is 22.9. The zero-order valence-electron chi connectivity index (χ0n) is 9.76. The molecule has 6 heteroatoms. The van der Waals surface area contributed by atoms with Crippen LogP contribution in [0.5, 0.6) is 5.75 Å². The van der Waals surface area contributed by atoms with Crippen molar-refractivity contribution in [3.63, 3.8) is 0 Å². The lowest BCUT2D eigenvalue weighted by atomic mass is 10.2. The van der Waals surface area contributed by atoms with Gasteiger partial charge < -0.3 is 9.26 Å². The molecule has 0 unspecified atom stereocenters. The van der Waals surface area contributed by atoms with Gasteiger partial charge in [0.2, 0.25) is 0 Å². The number of rotatable bonds is 5. The first-order valence-electron chi connectivity index (χ1n) is 5.25. The minimum Gasteiger partial charge on any atom is -0.496 e. The molecule has 0 spiro atoms. The maximum Gasteiger partial charge on any atom is 0.124 e. The molecule has 0 saturated heterocycles. The summed E-state index contributed by atoms with van der Waals surface area (Å²) in [5.41, 5.74) is 1.61. The van der Waals surface area contributed by atoms with Crippen molar-refractivity contribution >= 4 is 26.7 Å². The molecule has 2 aromatic rings. The largest absolute Gasteiger partial charge is 0.496 e. The van der Waals surface area contributed by atoms with Gasteiger partial charge in [0.05, 0.1) is 24.3 Å². The van der Waals surface area contributed by atoms with Crippen molar-refractivity contribution in [1.29, 1.82) is 0 Å². The van der Waals surface area contributed by atoms with Gasteiger partial charge >= 0.3 is 0 Å². The van der Waals surface area contributed by atoms with Gasteiger partial charge in [-0.1, -0.05) is 21.1 Å². The quantitative estimate of drug-likeness (QED) is 0.846. The van der Waals surface area contributed by atoms with Gasteiger partial charge in [0.25, 0.3) is 0 Å². The van der Waals surface area contributed by atoms with Crippen molar-refractivity contribution in [3.05, 3.63) is 46.3 Å². The molecule has 1 heterocycles. The highest BCUT2D eigenvalue weighted by Gasteiger charge is 2.10. The Morgan fingerprint density at radius 3 is 2.89 bits per heavy atom. The number of hydrogen-bond donors (Lipinski definition) is 0. The molecule has 1 aromatic carbocycles. The van der Waals surface area contributed by atoms with Gasteiger partial charge in [-0.2, -0.15) is 0 Å². The van der Waals surface area contributed by atoms with Crippen molar-refractivity contribution in [2.24, 2.45) is 0 Å². The maximum atomic E-state index is 12.0. The zero-order chi connectivity index (χ0) is 13.0. The Bertz CT molecular complexity index is 542. The Morgan fingerprint density at radius 2 is 2.22 bits per heavy atom. The van der Waals surface area contributed by atoms with E-state index in [0.29, 0.717) is 17.2 Å². The predicted molar refractivity (Wildman–Crippen MR) is 72.7 cm³/mol. The summed E-state index contributed by atoms with van der Waals surface area (Å²) >= 11 is 3.39. The van der Waals surface area contributed by atoms with Gasteiger partial charge in [-0.25, -0.2) is 0 Å². The minimum absolute atomic E-state index is 0.381. The number of halogens is 1. The highest BCUT2D eigenvalue weighted by molar-refractivity contribution is 9.10. The van der Waals surface area contributed by atoms with Crippen molar-refractivity contribution in [1.82, 2.24) is 5.16 Å². The van der Waals surface area contributed by atoms with Crippen LogP contribution >= 0.6 is 15.9 Å². The number of benzene rings is 1. The van der Waals surface area contributed by atoms with Crippen LogP contribution in [0, 0.1) is 0 Å². The van der Waals surface area contributed by atoms with E-state index in [1.807, 2.05) is 18.2 Å². The van der Waals surface area contributed by atoms with Crippen LogP contribution in [0.2, 0.25) is 0 Å². The van der Waals surface area contributed by atoms with Gasteiger partial charge in [-0.05, 0) is 18.2 Å². The molecule has 0 aliphatic rings. The molecule has 0 fully saturated rings. The molecule has 96 valence electrons. The number of aromatic nitrogens is 1. The van der Waals surface area contributed by atoms with Crippen LogP contribution in [0.1, 0.15) is 11.3 Å². The monoisotopic (exact) mass is 329 g/mol. The molecule has 4 nitrogen and oxygen atoms in total. The first-order valence-corrected chi connectivity index (χ1v) is 7.54. The molecule has 18 heavy (non-hydrogen) atoms. The van der Waals surface area contributed by atoms with Gasteiger partial charge in [-0.3, -0.25) is 4.21 Å². The fraction of sp³-hybridized carbons (Fsp3) is 0.250. The van der Waals surface area contributed by atoms with E-state index in [1.165, 1.54) is 6.26 Å². The van der Waals surface area contributed by atoms with E-state index in [0.717, 1.165) is 15.8 Å². The number of hydrogen-bond acceptors (Lipinski definition) is 4. The zero-order valence-corrected chi connectivity index (χ0v) is 12.2. The number of nitrogens with zero attached hydrogens (tertiary/aromatic N) is 1. The topological polar surface area (TPSA) is 52.3 Å². The molecule has 0 saturated carbocycles. The van der Waals surface area contributed by atoms with E-state index < -0.39 is 10.8 Å². The van der Waals surface area contributed by atoms with Gasteiger partial charge in [0.1, 0.15) is 12.0 Å². The highest BCUT2D eigenvalue weighted by Crippen LogP contribution is 2.24. The summed E-state index contributed by atoms with van der Waals surface area (Å²) in [6.07, 6.45) is 1.48. The average molecular weight is 330 g/mol. The first-order chi connectivity index (χ1) is 8.69. The Hall–Kier alpha value is -1.14. The van der Waals surface area contributed by atoms with Crippen LogP contribution in [0.25, 0.3) is 0 Å². The lowest BCUT2D eigenvalue weighted by Gasteiger charge is -2.08. The number of ether oxygens (including phenoxy) is 1. The second-order valence-corrected chi connectivity index (χ2v) is 6.05. The van der Waals surface area contributed by atoms with E-state index in [4.69, 9.17) is 9.26 Å². The molecule has 0 N–H and O–H groups in total. The Balaban J connectivity index is 2.08. The molecule has 0 aliphatic carbocycles. The summed E-state index contributed by atoms with van der Waals surface area (Å²) in [4.78, 5) is 0. The third-order valence-corrected chi connectivity index (χ3v) is 4.10. The fourth-order valence-electron chi connectivity index (χ4n) is 1.56. The first kappa shape index (κ1) is 13.3. The summed E-state index contributed by atoms with van der Waals surface area (Å²) in [5.74, 6) is 1.55. The average Bonchev–Trinajstić information content (AvgIpc) is 2.82. The second kappa shape index (κ2) is 6.15. The highest BCUT2D eigenvalue weighted by atomic mass is 79.9. The molecular formula is C12H12BrNO3S. The van der Waals surface area contributed by atoms with Crippen molar-refractivity contribution in [3.8, 4) is 5.75 Å². The molecule has 0 bridgehead atoms. The Kier molecular flexibility index (Phi) is 4.54. The van der Waals surface area contributed by atoms with E-state index in [1.54, 1.807) is 13.2 Å². The van der Waals surface area contributed by atoms with E-state index in [-0.39, 0.29) is 0 Å². The van der Waals surface area contributed by atoms with Crippen LogP contribution < -0.4 is 4.74 Å². The second-order valence-electron chi connectivity index (χ2n) is 3.68. The van der Waals surface area contributed by atoms with Gasteiger partial charge in [0, 0.05) is 26.9 Å². The van der Waals surface area contributed by atoms with Crippen LogP contribution in [0.15, 0.2) is 39.5 Å². The standard InChI is InChI=1S/C12H12BrNO3S/c1-16-12-3-2-10(13)6-9(12)7-18(15)8-11-4-5-17-14-11/h2-6H,7-8H2,1H3/t18-/m1/s1. The normalized spacial score (nSPS) is 12.3. The lowest BCUT2D eigenvalue weighted by molar-refractivity contribution is 0.411. The van der Waals surface area contributed by atoms with Crippen LogP contribution in [0.4, 0.5) is 0 Å². The Morgan fingerprint density at radius 1 is 1.39 bits per heavy atom. The predicted octanol–water partition coefficient (Wildman–Crippen LogP) is 2.89. The molecule has 0 radical (unpaired) electrons. The third-order valence-electron chi connectivity index (χ3n) is 2.36. The molecule has 2 rings (SSSR count). The summed E-state index contributed by atoms with van der Waals surface area (Å²) in [5, 5.41) is 3.75. The SMILES string of the molecule is COc1ccc(Br)cc1C[S@@](=O)Cc1ccon1. The number of methoxy groups -OCH3 is 1. The van der Waals surface area contributed by atoms with E-state index in [9.17, 15) is 4.21 Å². The van der Waals surface area contributed by atoms with E-state index in [2.05, 4.69) is 21.1 Å². The molecule has 1 aromatic heterocycles. The van der Waals surface area contributed by atoms with Crippen molar-refractivity contribution in [2.75, 3.05) is 7.11 Å². The maximum absolute atomic E-state index is 12.0. The van der Waals surface area contributed by atoms with Gasteiger partial charge in [0.15, 0.2) is 0 Å². The Labute approximate surface area is 116 Å².